The third-order valence-corrected chi connectivity index (χ3v) is 7.61. The number of piperidine rings is 1. The highest BCUT2D eigenvalue weighted by molar-refractivity contribution is 6.23. The zero-order valence-corrected chi connectivity index (χ0v) is 21.8. The van der Waals surface area contributed by atoms with Gasteiger partial charge in [0, 0.05) is 32.4 Å². The maximum Gasteiger partial charge on any atom is 0.263 e. The molecule has 1 fully saturated rings. The molecule has 2 aromatic heterocycles. The van der Waals surface area contributed by atoms with Gasteiger partial charge in [0.15, 0.2) is 0 Å². The van der Waals surface area contributed by atoms with Crippen molar-refractivity contribution in [1.82, 2.24) is 19.6 Å². The molecular weight excluding hydrogens is 470 g/mol. The van der Waals surface area contributed by atoms with Crippen LogP contribution in [0.5, 0.6) is 0 Å². The van der Waals surface area contributed by atoms with Crippen molar-refractivity contribution in [2.24, 2.45) is 5.92 Å². The van der Waals surface area contributed by atoms with Crippen molar-refractivity contribution in [3.63, 3.8) is 0 Å². The first-order valence-electron chi connectivity index (χ1n) is 12.8. The average Bonchev–Trinajstić information content (AvgIpc) is 3.61. The van der Waals surface area contributed by atoms with Gasteiger partial charge in [-0.25, -0.2) is 0 Å². The van der Waals surface area contributed by atoms with Gasteiger partial charge in [-0.3, -0.25) is 24.0 Å². The van der Waals surface area contributed by atoms with Gasteiger partial charge in [-0.15, -0.1) is 0 Å². The lowest BCUT2D eigenvalue weighted by molar-refractivity contribution is -0.136. The fourth-order valence-corrected chi connectivity index (χ4v) is 5.47. The van der Waals surface area contributed by atoms with Gasteiger partial charge >= 0.3 is 0 Å². The highest BCUT2D eigenvalue weighted by Crippen LogP contribution is 2.35. The molecule has 194 valence electrons. The number of imide groups is 1. The van der Waals surface area contributed by atoms with Crippen LogP contribution in [-0.4, -0.2) is 64.0 Å². The summed E-state index contributed by atoms with van der Waals surface area (Å²) in [6.07, 6.45) is 3.22. The number of fused-ring (bicyclic) bond motifs is 1. The molecule has 0 unspecified atom stereocenters. The van der Waals surface area contributed by atoms with E-state index in [9.17, 15) is 14.4 Å². The third-order valence-electron chi connectivity index (χ3n) is 7.61. The summed E-state index contributed by atoms with van der Waals surface area (Å²) in [4.78, 5) is 45.2. The lowest BCUT2D eigenvalue weighted by Crippen LogP contribution is -2.44. The van der Waals surface area contributed by atoms with E-state index in [0.29, 0.717) is 24.2 Å². The molecule has 2 aliphatic rings. The van der Waals surface area contributed by atoms with Crippen LogP contribution >= 0.6 is 0 Å². The Balaban J connectivity index is 1.32. The number of aromatic nitrogens is 2. The molecule has 3 aromatic rings. The largest absolute Gasteiger partial charge is 0.467 e. The first kappa shape index (κ1) is 24.8. The van der Waals surface area contributed by atoms with Gasteiger partial charge in [0.25, 0.3) is 11.8 Å². The summed E-state index contributed by atoms with van der Waals surface area (Å²) in [6.45, 7) is 7.76. The molecule has 0 bridgehead atoms. The van der Waals surface area contributed by atoms with Crippen LogP contribution in [0.3, 0.4) is 0 Å². The Bertz CT molecular complexity index is 1330. The van der Waals surface area contributed by atoms with Gasteiger partial charge < -0.3 is 14.2 Å². The van der Waals surface area contributed by atoms with Gasteiger partial charge in [0.05, 0.1) is 47.3 Å². The highest BCUT2D eigenvalue weighted by atomic mass is 16.3. The number of nitrogens with zero attached hydrogens (tertiary/aromatic N) is 5. The zero-order chi connectivity index (χ0) is 26.3. The summed E-state index contributed by atoms with van der Waals surface area (Å²) in [7, 11) is 1.80. The number of carbonyl (C=O) groups excluding carboxylic acids is 3. The van der Waals surface area contributed by atoms with E-state index in [2.05, 4.69) is 10.00 Å². The van der Waals surface area contributed by atoms with Crippen LogP contribution in [0.4, 0.5) is 5.69 Å². The molecule has 37 heavy (non-hydrogen) atoms. The number of anilines is 1. The van der Waals surface area contributed by atoms with Crippen molar-refractivity contribution >= 4 is 23.4 Å². The molecule has 4 heterocycles. The number of hydrogen-bond acceptors (Lipinski definition) is 6. The van der Waals surface area contributed by atoms with Crippen LogP contribution in [0.2, 0.25) is 0 Å². The molecule has 1 saturated heterocycles. The summed E-state index contributed by atoms with van der Waals surface area (Å²) in [5.74, 6) is 0.0275. The average molecular weight is 504 g/mol. The minimum atomic E-state index is -0.283. The van der Waals surface area contributed by atoms with Crippen molar-refractivity contribution in [1.29, 1.82) is 0 Å². The fourth-order valence-electron chi connectivity index (χ4n) is 5.47. The maximum atomic E-state index is 13.5. The van der Waals surface area contributed by atoms with Crippen molar-refractivity contribution in [2.75, 3.05) is 31.6 Å². The number of carbonyl (C=O) groups is 3. The Morgan fingerprint density at radius 1 is 1.16 bits per heavy atom. The number of aryl methyl sites for hydroxylation is 2. The molecule has 5 rings (SSSR count). The maximum absolute atomic E-state index is 13.5. The predicted molar refractivity (Wildman–Crippen MR) is 138 cm³/mol. The number of benzene rings is 1. The van der Waals surface area contributed by atoms with E-state index in [-0.39, 0.29) is 36.2 Å². The van der Waals surface area contributed by atoms with E-state index in [0.717, 1.165) is 42.2 Å². The second-order valence-electron chi connectivity index (χ2n) is 10.0. The number of furan rings is 1. The summed E-state index contributed by atoms with van der Waals surface area (Å²) < 4.78 is 7.32. The molecule has 2 aliphatic heterocycles. The normalized spacial score (nSPS) is 18.3. The lowest BCUT2D eigenvalue weighted by Gasteiger charge is -2.37. The molecular formula is C28H33N5O4. The summed E-state index contributed by atoms with van der Waals surface area (Å²) in [6, 6.07) is 10.9. The van der Waals surface area contributed by atoms with E-state index < -0.39 is 0 Å². The molecule has 9 heteroatoms. The van der Waals surface area contributed by atoms with E-state index in [1.165, 1.54) is 4.90 Å². The Hall–Kier alpha value is -3.88. The Morgan fingerprint density at radius 2 is 1.97 bits per heavy atom. The number of amides is 3. The molecule has 0 aliphatic carbocycles. The van der Waals surface area contributed by atoms with E-state index >= 15 is 0 Å². The molecule has 1 aromatic carbocycles. The van der Waals surface area contributed by atoms with Crippen molar-refractivity contribution in [3.05, 3.63) is 70.9 Å². The second-order valence-corrected chi connectivity index (χ2v) is 10.0. The van der Waals surface area contributed by atoms with Crippen LogP contribution < -0.4 is 4.90 Å². The van der Waals surface area contributed by atoms with Gasteiger partial charge in [-0.05, 0) is 63.9 Å². The highest BCUT2D eigenvalue weighted by Gasteiger charge is 2.39. The van der Waals surface area contributed by atoms with E-state index in [1.54, 1.807) is 24.3 Å². The standard InChI is InChI=1S/C28H33N5O4/c1-18-16-19(2)33(29-18)14-13-32-27(35)22-9-5-10-23(25(22)28(32)36)31-12-6-8-21(17-31)26(34)30(4)20(3)24-11-7-15-37-24/h5,7,9-11,15-16,20-21H,6,8,12-14,17H2,1-4H3/t20-,21+/m1/s1. The molecule has 0 saturated carbocycles. The monoisotopic (exact) mass is 503 g/mol. The molecule has 0 spiro atoms. The molecule has 2 atom stereocenters. The Morgan fingerprint density at radius 3 is 2.68 bits per heavy atom. The van der Waals surface area contributed by atoms with Crippen molar-refractivity contribution < 1.29 is 18.8 Å². The summed E-state index contributed by atoms with van der Waals surface area (Å²) in [5.41, 5.74) is 3.48. The first-order chi connectivity index (χ1) is 17.8. The van der Waals surface area contributed by atoms with Crippen LogP contribution in [0.15, 0.2) is 47.1 Å². The Kier molecular flexibility index (Phi) is 6.62. The van der Waals surface area contributed by atoms with Crippen molar-refractivity contribution in [3.8, 4) is 0 Å². The quantitative estimate of drug-likeness (QED) is 0.455. The lowest BCUT2D eigenvalue weighted by atomic mass is 9.94. The number of hydrogen-bond donors (Lipinski definition) is 0. The summed E-state index contributed by atoms with van der Waals surface area (Å²) in [5, 5.41) is 4.45. The zero-order valence-electron chi connectivity index (χ0n) is 21.8. The minimum absolute atomic E-state index is 0.0510. The first-order valence-corrected chi connectivity index (χ1v) is 12.8. The third kappa shape index (κ3) is 4.54. The molecule has 0 N–H and O–H groups in total. The van der Waals surface area contributed by atoms with Gasteiger partial charge in [0.2, 0.25) is 5.91 Å². The number of rotatable bonds is 7. The smallest absolute Gasteiger partial charge is 0.263 e. The SMILES string of the molecule is Cc1cc(C)n(CCN2C(=O)c3cccc(N4CCC[C@H](C(=O)N(C)[C@H](C)c5ccco5)C4)c3C2=O)n1. The predicted octanol–water partition coefficient (Wildman–Crippen LogP) is 3.83. The van der Waals surface area contributed by atoms with E-state index in [1.807, 2.05) is 55.8 Å². The molecule has 0 radical (unpaired) electrons. The van der Waals surface area contributed by atoms with Gasteiger partial charge in [0.1, 0.15) is 5.76 Å². The topological polar surface area (TPSA) is 91.9 Å². The fraction of sp³-hybridized carbons (Fsp3) is 0.429. The van der Waals surface area contributed by atoms with E-state index in [4.69, 9.17) is 4.42 Å². The summed E-state index contributed by atoms with van der Waals surface area (Å²) >= 11 is 0. The van der Waals surface area contributed by atoms with Crippen LogP contribution in [0.25, 0.3) is 0 Å². The molecule has 3 amide bonds. The minimum Gasteiger partial charge on any atom is -0.467 e. The van der Waals surface area contributed by atoms with Gasteiger partial charge in [-0.1, -0.05) is 6.07 Å². The van der Waals surface area contributed by atoms with Crippen molar-refractivity contribution in [2.45, 2.75) is 46.2 Å². The van der Waals surface area contributed by atoms with Crippen LogP contribution in [0, 0.1) is 19.8 Å². The Labute approximate surface area is 216 Å². The van der Waals surface area contributed by atoms with Gasteiger partial charge in [-0.2, -0.15) is 5.10 Å². The second kappa shape index (κ2) is 9.88. The molecule has 9 nitrogen and oxygen atoms in total. The van der Waals surface area contributed by atoms with Crippen LogP contribution in [0.1, 0.15) is 63.7 Å². The van der Waals surface area contributed by atoms with Crippen LogP contribution in [-0.2, 0) is 11.3 Å².